The lowest BCUT2D eigenvalue weighted by Gasteiger charge is -2.23. The van der Waals surface area contributed by atoms with E-state index in [1.54, 1.807) is 18.9 Å². The molecular formula is C28H31N5O5. The summed E-state index contributed by atoms with van der Waals surface area (Å²) in [5, 5.41) is 3.09. The third kappa shape index (κ3) is 5.92. The van der Waals surface area contributed by atoms with Gasteiger partial charge in [0.05, 0.1) is 38.0 Å². The molecule has 1 saturated heterocycles. The third-order valence-corrected chi connectivity index (χ3v) is 6.61. The van der Waals surface area contributed by atoms with E-state index in [2.05, 4.69) is 15.3 Å². The first-order valence-electron chi connectivity index (χ1n) is 12.5. The van der Waals surface area contributed by atoms with Crippen LogP contribution >= 0.6 is 0 Å². The number of carbonyl (C=O) groups excluding carboxylic acids is 2. The maximum atomic E-state index is 13.1. The van der Waals surface area contributed by atoms with Crippen molar-refractivity contribution in [2.45, 2.75) is 32.2 Å². The zero-order valence-electron chi connectivity index (χ0n) is 21.7. The van der Waals surface area contributed by atoms with Crippen molar-refractivity contribution in [1.82, 2.24) is 25.1 Å². The average Bonchev–Trinajstić information content (AvgIpc) is 3.29. The van der Waals surface area contributed by atoms with Crippen molar-refractivity contribution < 1.29 is 23.8 Å². The Balaban J connectivity index is 1.40. The number of ether oxygens (including phenoxy) is 3. The molecule has 3 heterocycles. The largest absolute Gasteiger partial charge is 0.493 e. The molecule has 198 valence electrons. The van der Waals surface area contributed by atoms with Crippen LogP contribution in [0.15, 0.2) is 54.9 Å². The van der Waals surface area contributed by atoms with E-state index < -0.39 is 0 Å². The number of rotatable bonds is 2. The first-order valence-corrected chi connectivity index (χ1v) is 12.5. The molecule has 1 fully saturated rings. The summed E-state index contributed by atoms with van der Waals surface area (Å²) in [7, 11) is 3.49. The molecule has 3 aromatic rings. The summed E-state index contributed by atoms with van der Waals surface area (Å²) < 4.78 is 18.0. The summed E-state index contributed by atoms with van der Waals surface area (Å²) >= 11 is 0. The summed E-state index contributed by atoms with van der Waals surface area (Å²) in [6.45, 7) is 3.45. The van der Waals surface area contributed by atoms with Crippen LogP contribution in [0.5, 0.6) is 17.2 Å². The Kier molecular flexibility index (Phi) is 7.52. The fraction of sp³-hybridized carbons (Fsp3) is 0.357. The van der Waals surface area contributed by atoms with Gasteiger partial charge in [0.1, 0.15) is 11.6 Å². The minimum Gasteiger partial charge on any atom is -0.493 e. The maximum absolute atomic E-state index is 13.1. The molecule has 5 rings (SSSR count). The number of likely N-dealkylation sites (N-methyl/N-ethyl adjacent to an activating group) is 1. The molecule has 2 aliphatic rings. The number of hydrogen-bond donors (Lipinski definition) is 1. The number of fused-ring (bicyclic) bond motifs is 5. The number of hydrogen-bond acceptors (Lipinski definition) is 8. The van der Waals surface area contributed by atoms with Gasteiger partial charge in [0, 0.05) is 32.0 Å². The number of aromatic nitrogens is 2. The van der Waals surface area contributed by atoms with Gasteiger partial charge in [0.25, 0.3) is 5.91 Å². The van der Waals surface area contributed by atoms with Gasteiger partial charge in [-0.15, -0.1) is 0 Å². The number of methoxy groups -OCH3 is 1. The summed E-state index contributed by atoms with van der Waals surface area (Å²) in [6, 6.07) is 13.0. The predicted octanol–water partition coefficient (Wildman–Crippen LogP) is 2.56. The van der Waals surface area contributed by atoms with Crippen LogP contribution in [0.3, 0.4) is 0 Å². The van der Waals surface area contributed by atoms with Gasteiger partial charge in [0.15, 0.2) is 11.5 Å². The number of aryl methyl sites for hydroxylation is 1. The van der Waals surface area contributed by atoms with Crippen LogP contribution in [-0.4, -0.2) is 77.5 Å². The van der Waals surface area contributed by atoms with E-state index in [1.165, 1.54) is 12.4 Å². The maximum Gasteiger partial charge on any atom is 0.257 e. The lowest BCUT2D eigenvalue weighted by molar-refractivity contribution is -0.123. The molecule has 2 aliphatic heterocycles. The smallest absolute Gasteiger partial charge is 0.257 e. The Labute approximate surface area is 221 Å². The zero-order chi connectivity index (χ0) is 26.6. The number of nitrogens with one attached hydrogen (secondary N) is 1. The Morgan fingerprint density at radius 2 is 1.89 bits per heavy atom. The Morgan fingerprint density at radius 3 is 2.68 bits per heavy atom. The second kappa shape index (κ2) is 11.2. The van der Waals surface area contributed by atoms with Crippen LogP contribution in [-0.2, 0) is 22.7 Å². The van der Waals surface area contributed by atoms with Crippen molar-refractivity contribution >= 4 is 11.8 Å². The van der Waals surface area contributed by atoms with Gasteiger partial charge >= 0.3 is 0 Å². The number of carbonyl (C=O) groups is 2. The molecule has 0 aliphatic carbocycles. The highest BCUT2D eigenvalue weighted by Crippen LogP contribution is 2.33. The molecular weight excluding hydrogens is 486 g/mol. The van der Waals surface area contributed by atoms with Crippen molar-refractivity contribution in [3.8, 4) is 17.2 Å². The van der Waals surface area contributed by atoms with Crippen LogP contribution in [0.1, 0.15) is 27.3 Å². The molecule has 1 aromatic heterocycles. The van der Waals surface area contributed by atoms with E-state index in [-0.39, 0.29) is 30.5 Å². The van der Waals surface area contributed by atoms with Crippen molar-refractivity contribution in [3.05, 3.63) is 77.4 Å². The molecule has 10 nitrogen and oxygen atoms in total. The van der Waals surface area contributed by atoms with Crippen molar-refractivity contribution in [2.24, 2.45) is 0 Å². The SMILES string of the molecule is COc1ccc2cc1Oc1cccc(c1)CO[C@H]1CN(C(=O)c3cnc(C)nc3)C[C@@H]1NC(=O)CN(C)C2. The topological polar surface area (TPSA) is 106 Å². The van der Waals surface area contributed by atoms with E-state index in [1.807, 2.05) is 54.4 Å². The van der Waals surface area contributed by atoms with Crippen LogP contribution in [0.25, 0.3) is 0 Å². The average molecular weight is 518 g/mol. The second-order valence-electron chi connectivity index (χ2n) is 9.66. The van der Waals surface area contributed by atoms with Crippen LogP contribution in [0.2, 0.25) is 0 Å². The molecule has 0 radical (unpaired) electrons. The normalized spacial score (nSPS) is 20.3. The summed E-state index contributed by atoms with van der Waals surface area (Å²) in [5.74, 6) is 2.14. The van der Waals surface area contributed by atoms with Crippen LogP contribution in [0, 0.1) is 6.92 Å². The molecule has 2 atom stereocenters. The first kappa shape index (κ1) is 25.6. The Hall–Kier alpha value is -4.02. The van der Waals surface area contributed by atoms with Crippen LogP contribution in [0.4, 0.5) is 0 Å². The van der Waals surface area contributed by atoms with Gasteiger partial charge in [-0.2, -0.15) is 0 Å². The van der Waals surface area contributed by atoms with Gasteiger partial charge < -0.3 is 24.4 Å². The zero-order valence-corrected chi connectivity index (χ0v) is 21.7. The number of amides is 2. The van der Waals surface area contributed by atoms with E-state index >= 15 is 0 Å². The molecule has 10 heteroatoms. The van der Waals surface area contributed by atoms with Crippen molar-refractivity contribution in [1.29, 1.82) is 0 Å². The third-order valence-electron chi connectivity index (χ3n) is 6.61. The van der Waals surface area contributed by atoms with Crippen molar-refractivity contribution in [3.63, 3.8) is 0 Å². The van der Waals surface area contributed by atoms with Gasteiger partial charge in [-0.1, -0.05) is 18.2 Å². The molecule has 2 amide bonds. The summed E-state index contributed by atoms with van der Waals surface area (Å²) in [5.41, 5.74) is 2.30. The summed E-state index contributed by atoms with van der Waals surface area (Å²) in [6.07, 6.45) is 2.67. The fourth-order valence-corrected chi connectivity index (χ4v) is 4.73. The van der Waals surface area contributed by atoms with E-state index in [0.29, 0.717) is 54.9 Å². The minimum atomic E-state index is -0.384. The van der Waals surface area contributed by atoms with Crippen LogP contribution < -0.4 is 14.8 Å². The van der Waals surface area contributed by atoms with E-state index in [4.69, 9.17) is 14.2 Å². The van der Waals surface area contributed by atoms with Gasteiger partial charge in [0.2, 0.25) is 5.91 Å². The molecule has 4 bridgehead atoms. The number of likely N-dealkylation sites (tertiary alicyclic amines) is 1. The van der Waals surface area contributed by atoms with Gasteiger partial charge in [-0.3, -0.25) is 14.5 Å². The Bertz CT molecular complexity index is 1320. The highest BCUT2D eigenvalue weighted by Gasteiger charge is 2.37. The quantitative estimate of drug-likeness (QED) is 0.553. The van der Waals surface area contributed by atoms with Crippen molar-refractivity contribution in [2.75, 3.05) is 33.8 Å². The van der Waals surface area contributed by atoms with Gasteiger partial charge in [-0.25, -0.2) is 9.97 Å². The monoisotopic (exact) mass is 517 g/mol. The molecule has 1 N–H and O–H groups in total. The predicted molar refractivity (Wildman–Crippen MR) is 139 cm³/mol. The van der Waals surface area contributed by atoms with E-state index in [9.17, 15) is 9.59 Å². The highest BCUT2D eigenvalue weighted by atomic mass is 16.5. The standard InChI is InChI=1S/C28H31N5O5/c1-18-29-11-21(12-30-18)28(35)33-14-23-26(15-33)37-17-20-5-4-6-22(9-20)38-25-10-19(7-8-24(25)36-3)13-32(2)16-27(34)31-23/h4-12,23,26H,13-17H2,1-3H3,(H,31,34)/t23-,26-/m0/s1. The lowest BCUT2D eigenvalue weighted by Crippen LogP contribution is -2.47. The molecule has 0 spiro atoms. The summed E-state index contributed by atoms with van der Waals surface area (Å²) in [4.78, 5) is 38.0. The fourth-order valence-electron chi connectivity index (χ4n) is 4.73. The van der Waals surface area contributed by atoms with Gasteiger partial charge in [-0.05, 0) is 49.4 Å². The molecule has 0 unspecified atom stereocenters. The minimum absolute atomic E-state index is 0.141. The first-order chi connectivity index (χ1) is 18.4. The lowest BCUT2D eigenvalue weighted by atomic mass is 10.1. The number of benzene rings is 2. The number of nitrogens with zero attached hydrogens (tertiary/aromatic N) is 4. The molecule has 38 heavy (non-hydrogen) atoms. The van der Waals surface area contributed by atoms with E-state index in [0.717, 1.165) is 11.1 Å². The second-order valence-corrected chi connectivity index (χ2v) is 9.66. The molecule has 0 saturated carbocycles. The highest BCUT2D eigenvalue weighted by molar-refractivity contribution is 5.94. The molecule has 2 aromatic carbocycles. The Morgan fingerprint density at radius 1 is 1.08 bits per heavy atom.